The maximum atomic E-state index is 6.29. The van der Waals surface area contributed by atoms with Crippen LogP contribution in [-0.2, 0) is 6.54 Å². The first-order valence-electron chi connectivity index (χ1n) is 6.56. The van der Waals surface area contributed by atoms with E-state index in [2.05, 4.69) is 39.0 Å². The van der Waals surface area contributed by atoms with Gasteiger partial charge in [0.05, 0.1) is 11.9 Å². The summed E-state index contributed by atoms with van der Waals surface area (Å²) in [6.07, 6.45) is 1.88. The average Bonchev–Trinajstić information content (AvgIpc) is 2.95. The molecule has 0 fully saturated rings. The first-order chi connectivity index (χ1) is 9.56. The van der Waals surface area contributed by atoms with Crippen LogP contribution in [-0.4, -0.2) is 14.5 Å². The summed E-state index contributed by atoms with van der Waals surface area (Å²) in [4.78, 5) is 10.5. The topological polar surface area (TPSA) is 30.7 Å². The molecular weight excluding hydrogens is 290 g/mol. The minimum atomic E-state index is -0.134. The van der Waals surface area contributed by atoms with Crippen LogP contribution in [0.4, 0.5) is 0 Å². The van der Waals surface area contributed by atoms with Gasteiger partial charge in [0.2, 0.25) is 0 Å². The Morgan fingerprint density at radius 2 is 2.20 bits per heavy atom. The van der Waals surface area contributed by atoms with Crippen LogP contribution in [0.1, 0.15) is 34.1 Å². The van der Waals surface area contributed by atoms with Crippen molar-refractivity contribution in [1.82, 2.24) is 14.5 Å². The maximum Gasteiger partial charge on any atom is 0.160 e. The molecule has 0 N–H and O–H groups in total. The second-order valence-corrected chi connectivity index (χ2v) is 6.71. The highest BCUT2D eigenvalue weighted by Crippen LogP contribution is 2.26. The van der Waals surface area contributed by atoms with E-state index in [1.54, 1.807) is 11.3 Å². The number of pyridine rings is 1. The van der Waals surface area contributed by atoms with Crippen LogP contribution in [0.25, 0.3) is 11.2 Å². The molecule has 20 heavy (non-hydrogen) atoms. The van der Waals surface area contributed by atoms with E-state index in [-0.39, 0.29) is 5.38 Å². The molecule has 3 rings (SSSR count). The molecule has 0 bridgehead atoms. The number of rotatable bonds is 3. The number of alkyl halides is 1. The second-order valence-electron chi connectivity index (χ2n) is 5.05. The molecule has 0 aliphatic rings. The number of nitrogens with zero attached hydrogens (tertiary/aromatic N) is 3. The van der Waals surface area contributed by atoms with E-state index < -0.39 is 0 Å². The number of thiophene rings is 1. The smallest absolute Gasteiger partial charge is 0.160 e. The SMILES string of the molecule is Cc1cnc2c(c1)nc(C(C)Cl)n2Cc1sccc1C. The molecule has 104 valence electrons. The zero-order valence-electron chi connectivity index (χ0n) is 11.7. The van der Waals surface area contributed by atoms with Crippen LogP contribution >= 0.6 is 22.9 Å². The molecule has 3 heterocycles. The average molecular weight is 306 g/mol. The van der Waals surface area contributed by atoms with Crippen molar-refractivity contribution in [3.05, 3.63) is 45.5 Å². The van der Waals surface area contributed by atoms with Gasteiger partial charge in [0.15, 0.2) is 5.65 Å². The van der Waals surface area contributed by atoms with Gasteiger partial charge in [-0.15, -0.1) is 22.9 Å². The summed E-state index contributed by atoms with van der Waals surface area (Å²) in [5.74, 6) is 0.882. The lowest BCUT2D eigenvalue weighted by molar-refractivity contribution is 0.741. The Hall–Kier alpha value is -1.39. The van der Waals surface area contributed by atoms with E-state index in [1.807, 2.05) is 20.0 Å². The van der Waals surface area contributed by atoms with Gasteiger partial charge in [-0.1, -0.05) is 0 Å². The third-order valence-corrected chi connectivity index (χ3v) is 4.58. The van der Waals surface area contributed by atoms with Gasteiger partial charge in [0.25, 0.3) is 0 Å². The van der Waals surface area contributed by atoms with Crippen molar-refractivity contribution < 1.29 is 0 Å². The summed E-state index contributed by atoms with van der Waals surface area (Å²) in [6.45, 7) is 6.89. The first kappa shape index (κ1) is 13.6. The van der Waals surface area contributed by atoms with E-state index in [9.17, 15) is 0 Å². The van der Waals surface area contributed by atoms with Gasteiger partial charge in [0.1, 0.15) is 11.3 Å². The fraction of sp³-hybridized carbons (Fsp3) is 0.333. The lowest BCUT2D eigenvalue weighted by Gasteiger charge is -2.09. The fourth-order valence-corrected chi connectivity index (χ4v) is 3.36. The fourth-order valence-electron chi connectivity index (χ4n) is 2.30. The summed E-state index contributed by atoms with van der Waals surface area (Å²) in [7, 11) is 0. The van der Waals surface area contributed by atoms with Gasteiger partial charge >= 0.3 is 0 Å². The Labute approximate surface area is 127 Å². The molecule has 0 aromatic carbocycles. The van der Waals surface area contributed by atoms with Gasteiger partial charge in [-0.2, -0.15) is 0 Å². The quantitative estimate of drug-likeness (QED) is 0.669. The summed E-state index contributed by atoms with van der Waals surface area (Å²) in [6, 6.07) is 4.20. The highest BCUT2D eigenvalue weighted by molar-refractivity contribution is 7.10. The van der Waals surface area contributed by atoms with Crippen molar-refractivity contribution in [3.63, 3.8) is 0 Å². The lowest BCUT2D eigenvalue weighted by atomic mass is 10.3. The van der Waals surface area contributed by atoms with Crippen molar-refractivity contribution >= 4 is 34.1 Å². The first-order valence-corrected chi connectivity index (χ1v) is 7.87. The zero-order valence-corrected chi connectivity index (χ0v) is 13.3. The Bertz CT molecular complexity index is 758. The number of hydrogen-bond donors (Lipinski definition) is 0. The highest BCUT2D eigenvalue weighted by Gasteiger charge is 2.17. The van der Waals surface area contributed by atoms with Crippen molar-refractivity contribution in [3.8, 4) is 0 Å². The third-order valence-electron chi connectivity index (χ3n) is 3.38. The molecule has 5 heteroatoms. The molecular formula is C15H16ClN3S. The molecule has 1 unspecified atom stereocenters. The number of aromatic nitrogens is 3. The number of fused-ring (bicyclic) bond motifs is 1. The molecule has 1 atom stereocenters. The molecule has 0 aliphatic carbocycles. The van der Waals surface area contributed by atoms with Crippen molar-refractivity contribution in [2.75, 3.05) is 0 Å². The van der Waals surface area contributed by atoms with Gasteiger partial charge < -0.3 is 4.57 Å². The van der Waals surface area contributed by atoms with Gasteiger partial charge in [-0.05, 0) is 49.4 Å². The largest absolute Gasteiger partial charge is 0.306 e. The van der Waals surface area contributed by atoms with Gasteiger partial charge in [-0.3, -0.25) is 0 Å². The molecule has 3 aromatic rings. The minimum absolute atomic E-state index is 0.134. The molecule has 3 nitrogen and oxygen atoms in total. The molecule has 0 amide bonds. The molecule has 0 saturated heterocycles. The minimum Gasteiger partial charge on any atom is -0.306 e. The Morgan fingerprint density at radius 3 is 2.85 bits per heavy atom. The summed E-state index contributed by atoms with van der Waals surface area (Å²) in [5.41, 5.74) is 4.24. The molecule has 0 spiro atoms. The molecule has 0 saturated carbocycles. The Morgan fingerprint density at radius 1 is 1.40 bits per heavy atom. The van der Waals surface area contributed by atoms with Gasteiger partial charge in [0, 0.05) is 11.1 Å². The van der Waals surface area contributed by atoms with E-state index in [0.29, 0.717) is 0 Å². The van der Waals surface area contributed by atoms with Crippen molar-refractivity contribution in [2.24, 2.45) is 0 Å². The Balaban J connectivity index is 2.16. The summed E-state index contributed by atoms with van der Waals surface area (Å²) in [5, 5.41) is 1.98. The Kier molecular flexibility index (Phi) is 3.52. The van der Waals surface area contributed by atoms with Crippen LogP contribution in [0.2, 0.25) is 0 Å². The van der Waals surface area contributed by atoms with Crippen LogP contribution in [0.15, 0.2) is 23.7 Å². The van der Waals surface area contributed by atoms with E-state index in [4.69, 9.17) is 11.6 Å². The van der Waals surface area contributed by atoms with E-state index in [1.165, 1.54) is 10.4 Å². The van der Waals surface area contributed by atoms with Gasteiger partial charge in [-0.25, -0.2) is 9.97 Å². The monoisotopic (exact) mass is 305 g/mol. The normalized spacial score (nSPS) is 13.0. The predicted octanol–water partition coefficient (Wildman–Crippen LogP) is 4.46. The van der Waals surface area contributed by atoms with Crippen molar-refractivity contribution in [1.29, 1.82) is 0 Å². The maximum absolute atomic E-state index is 6.29. The van der Waals surface area contributed by atoms with Crippen LogP contribution in [0.5, 0.6) is 0 Å². The third kappa shape index (κ3) is 2.34. The van der Waals surface area contributed by atoms with E-state index in [0.717, 1.165) is 29.1 Å². The number of halogens is 1. The van der Waals surface area contributed by atoms with Crippen LogP contribution in [0, 0.1) is 13.8 Å². The van der Waals surface area contributed by atoms with Crippen LogP contribution in [0.3, 0.4) is 0 Å². The van der Waals surface area contributed by atoms with Crippen molar-refractivity contribution in [2.45, 2.75) is 32.7 Å². The summed E-state index contributed by atoms with van der Waals surface area (Å²) >= 11 is 8.05. The van der Waals surface area contributed by atoms with E-state index >= 15 is 0 Å². The predicted molar refractivity (Wildman–Crippen MR) is 84.7 cm³/mol. The van der Waals surface area contributed by atoms with Crippen LogP contribution < -0.4 is 0 Å². The summed E-state index contributed by atoms with van der Waals surface area (Å²) < 4.78 is 2.13. The zero-order chi connectivity index (χ0) is 14.3. The molecule has 0 radical (unpaired) electrons. The standard InChI is InChI=1S/C15H16ClN3S/c1-9-6-12-15(17-7-9)19(14(18-12)11(3)16)8-13-10(2)4-5-20-13/h4-7,11H,8H2,1-3H3. The lowest BCUT2D eigenvalue weighted by Crippen LogP contribution is -2.06. The second kappa shape index (κ2) is 5.19. The molecule has 0 aliphatic heterocycles. The molecule has 3 aromatic heterocycles. The number of aryl methyl sites for hydroxylation is 2. The number of imidazole rings is 1. The highest BCUT2D eigenvalue weighted by atomic mass is 35.5. The number of hydrogen-bond acceptors (Lipinski definition) is 3.